The third kappa shape index (κ3) is 2.29. The van der Waals surface area contributed by atoms with E-state index in [4.69, 9.17) is 0 Å². The second kappa shape index (κ2) is 4.98. The van der Waals surface area contributed by atoms with Crippen molar-refractivity contribution in [3.63, 3.8) is 0 Å². The SMILES string of the molecule is O=[N+]([O-])c1ccc2nc(-c3ccc(-n4ccnn4)nc3)cn2c1. The Kier molecular flexibility index (Phi) is 2.83. The summed E-state index contributed by atoms with van der Waals surface area (Å²) in [7, 11) is 0. The second-order valence-electron chi connectivity index (χ2n) is 4.79. The number of pyridine rings is 2. The molecule has 0 saturated carbocycles. The van der Waals surface area contributed by atoms with Crippen molar-refractivity contribution >= 4 is 11.3 Å². The van der Waals surface area contributed by atoms with Crippen LogP contribution in [0.4, 0.5) is 5.69 Å². The van der Waals surface area contributed by atoms with Gasteiger partial charge in [-0.15, -0.1) is 5.10 Å². The number of rotatable bonds is 3. The zero-order chi connectivity index (χ0) is 15.8. The van der Waals surface area contributed by atoms with Crippen LogP contribution in [0, 0.1) is 10.1 Å². The molecule has 0 amide bonds. The molecule has 0 spiro atoms. The lowest BCUT2D eigenvalue weighted by atomic mass is 10.2. The Balaban J connectivity index is 1.72. The van der Waals surface area contributed by atoms with Crippen LogP contribution in [0.2, 0.25) is 0 Å². The molecule has 0 unspecified atom stereocenters. The lowest BCUT2D eigenvalue weighted by Gasteiger charge is -2.00. The van der Waals surface area contributed by atoms with Crippen molar-refractivity contribution in [3.05, 3.63) is 65.4 Å². The molecule has 0 aromatic carbocycles. The highest BCUT2D eigenvalue weighted by Gasteiger charge is 2.10. The predicted molar refractivity (Wildman–Crippen MR) is 80.0 cm³/mol. The molecule has 0 aliphatic carbocycles. The molecule has 0 atom stereocenters. The number of nitrogens with zero attached hydrogens (tertiary/aromatic N) is 7. The van der Waals surface area contributed by atoms with E-state index in [0.29, 0.717) is 17.2 Å². The predicted octanol–water partition coefficient (Wildman–Crippen LogP) is 1.89. The van der Waals surface area contributed by atoms with Crippen LogP contribution in [-0.4, -0.2) is 34.3 Å². The molecule has 4 aromatic rings. The van der Waals surface area contributed by atoms with Crippen molar-refractivity contribution in [3.8, 4) is 17.1 Å². The molecule has 0 radical (unpaired) electrons. The van der Waals surface area contributed by atoms with E-state index in [-0.39, 0.29) is 5.69 Å². The molecular formula is C14H9N7O2. The first kappa shape index (κ1) is 13.1. The van der Waals surface area contributed by atoms with Crippen LogP contribution in [0.25, 0.3) is 22.7 Å². The van der Waals surface area contributed by atoms with Crippen LogP contribution in [0.3, 0.4) is 0 Å². The maximum atomic E-state index is 10.8. The van der Waals surface area contributed by atoms with E-state index < -0.39 is 4.92 Å². The van der Waals surface area contributed by atoms with Gasteiger partial charge >= 0.3 is 0 Å². The Hall–Kier alpha value is -3.62. The highest BCUT2D eigenvalue weighted by atomic mass is 16.6. The Bertz CT molecular complexity index is 990. The normalized spacial score (nSPS) is 11.0. The van der Waals surface area contributed by atoms with Crippen molar-refractivity contribution < 1.29 is 4.92 Å². The first-order valence-electron chi connectivity index (χ1n) is 6.67. The molecule has 4 heterocycles. The quantitative estimate of drug-likeness (QED) is 0.423. The van der Waals surface area contributed by atoms with Crippen molar-refractivity contribution in [2.24, 2.45) is 0 Å². The molecule has 4 aromatic heterocycles. The number of hydrogen-bond donors (Lipinski definition) is 0. The smallest absolute Gasteiger partial charge is 0.286 e. The van der Waals surface area contributed by atoms with Gasteiger partial charge in [0.25, 0.3) is 5.69 Å². The summed E-state index contributed by atoms with van der Waals surface area (Å²) in [6.07, 6.45) is 8.11. The maximum absolute atomic E-state index is 10.8. The summed E-state index contributed by atoms with van der Waals surface area (Å²) >= 11 is 0. The average Bonchev–Trinajstić information content (AvgIpc) is 3.23. The van der Waals surface area contributed by atoms with E-state index in [1.54, 1.807) is 46.0 Å². The number of aromatic nitrogens is 6. The van der Waals surface area contributed by atoms with Gasteiger partial charge in [0, 0.05) is 24.0 Å². The Morgan fingerprint density at radius 3 is 2.74 bits per heavy atom. The van der Waals surface area contributed by atoms with Crippen LogP contribution in [0.5, 0.6) is 0 Å². The lowest BCUT2D eigenvalue weighted by molar-refractivity contribution is -0.385. The molecule has 0 N–H and O–H groups in total. The van der Waals surface area contributed by atoms with Gasteiger partial charge in [-0.3, -0.25) is 14.5 Å². The van der Waals surface area contributed by atoms with Gasteiger partial charge in [-0.05, 0) is 18.2 Å². The van der Waals surface area contributed by atoms with Crippen molar-refractivity contribution in [2.45, 2.75) is 0 Å². The van der Waals surface area contributed by atoms with Gasteiger partial charge in [-0.1, -0.05) is 5.21 Å². The average molecular weight is 307 g/mol. The van der Waals surface area contributed by atoms with E-state index in [1.807, 2.05) is 6.07 Å². The van der Waals surface area contributed by atoms with Crippen molar-refractivity contribution in [2.75, 3.05) is 0 Å². The topological polar surface area (TPSA) is 104 Å². The molecular weight excluding hydrogens is 298 g/mol. The Morgan fingerprint density at radius 1 is 1.13 bits per heavy atom. The third-order valence-corrected chi connectivity index (χ3v) is 3.35. The van der Waals surface area contributed by atoms with Crippen LogP contribution in [0.15, 0.2) is 55.2 Å². The number of fused-ring (bicyclic) bond motifs is 1. The van der Waals surface area contributed by atoms with Crippen molar-refractivity contribution in [1.29, 1.82) is 0 Å². The Morgan fingerprint density at radius 2 is 2.04 bits per heavy atom. The van der Waals surface area contributed by atoms with E-state index in [2.05, 4.69) is 20.3 Å². The lowest BCUT2D eigenvalue weighted by Crippen LogP contribution is -1.97. The maximum Gasteiger partial charge on any atom is 0.286 e. The summed E-state index contributed by atoms with van der Waals surface area (Å²) in [4.78, 5) is 19.1. The number of imidazole rings is 1. The monoisotopic (exact) mass is 307 g/mol. The zero-order valence-electron chi connectivity index (χ0n) is 11.6. The van der Waals surface area contributed by atoms with Gasteiger partial charge < -0.3 is 0 Å². The number of nitro groups is 1. The van der Waals surface area contributed by atoms with E-state index in [0.717, 1.165) is 5.56 Å². The molecule has 0 aliphatic rings. The highest BCUT2D eigenvalue weighted by Crippen LogP contribution is 2.21. The minimum atomic E-state index is -0.437. The third-order valence-electron chi connectivity index (χ3n) is 3.35. The van der Waals surface area contributed by atoms with Crippen LogP contribution in [0.1, 0.15) is 0 Å². The molecule has 9 heteroatoms. The summed E-state index contributed by atoms with van der Waals surface area (Å²) < 4.78 is 3.18. The molecule has 0 aliphatic heterocycles. The fourth-order valence-electron chi connectivity index (χ4n) is 2.23. The molecule has 9 nitrogen and oxygen atoms in total. The molecule has 0 bridgehead atoms. The van der Waals surface area contributed by atoms with Crippen molar-refractivity contribution in [1.82, 2.24) is 29.4 Å². The first-order valence-corrected chi connectivity index (χ1v) is 6.67. The highest BCUT2D eigenvalue weighted by molar-refractivity contribution is 5.62. The van der Waals surface area contributed by atoms with Gasteiger partial charge in [-0.25, -0.2) is 14.6 Å². The van der Waals surface area contributed by atoms with Gasteiger partial charge in [0.1, 0.15) is 5.65 Å². The molecule has 0 fully saturated rings. The van der Waals surface area contributed by atoms with E-state index >= 15 is 0 Å². The summed E-state index contributed by atoms with van der Waals surface area (Å²) in [6.45, 7) is 0. The molecule has 0 saturated heterocycles. The van der Waals surface area contributed by atoms with Gasteiger partial charge in [0.2, 0.25) is 0 Å². The molecule has 112 valence electrons. The minimum absolute atomic E-state index is 0.0149. The fourth-order valence-corrected chi connectivity index (χ4v) is 2.23. The van der Waals surface area contributed by atoms with E-state index in [9.17, 15) is 10.1 Å². The van der Waals surface area contributed by atoms with Gasteiger partial charge in [0.05, 0.1) is 29.2 Å². The zero-order valence-corrected chi connectivity index (χ0v) is 11.6. The first-order chi connectivity index (χ1) is 11.2. The summed E-state index contributed by atoms with van der Waals surface area (Å²) in [5, 5.41) is 18.4. The summed E-state index contributed by atoms with van der Waals surface area (Å²) in [5.41, 5.74) is 2.13. The standard InChI is InChI=1S/C14H9N7O2/c22-21(23)11-2-4-14-17-12(9-19(14)8-11)10-1-3-13(15-7-10)20-6-5-16-18-20/h1-9H. The number of hydrogen-bond acceptors (Lipinski definition) is 6. The van der Waals surface area contributed by atoms with Gasteiger partial charge in [-0.2, -0.15) is 0 Å². The molecule has 4 rings (SSSR count). The van der Waals surface area contributed by atoms with Crippen LogP contribution in [-0.2, 0) is 0 Å². The summed E-state index contributed by atoms with van der Waals surface area (Å²) in [5.74, 6) is 0.644. The molecule has 23 heavy (non-hydrogen) atoms. The van der Waals surface area contributed by atoms with Gasteiger partial charge in [0.15, 0.2) is 5.82 Å². The largest absolute Gasteiger partial charge is 0.300 e. The fraction of sp³-hybridized carbons (Fsp3) is 0. The van der Waals surface area contributed by atoms with Crippen LogP contribution < -0.4 is 0 Å². The van der Waals surface area contributed by atoms with Crippen LogP contribution >= 0.6 is 0 Å². The summed E-state index contributed by atoms with van der Waals surface area (Å²) in [6, 6.07) is 6.70. The second-order valence-corrected chi connectivity index (χ2v) is 4.79. The van der Waals surface area contributed by atoms with E-state index in [1.165, 1.54) is 12.3 Å². The minimum Gasteiger partial charge on any atom is -0.300 e. The Labute approximate surface area is 129 Å².